The number of nitrogens with zero attached hydrogens (tertiary/aromatic N) is 8. The summed E-state index contributed by atoms with van der Waals surface area (Å²) >= 11 is 0. The van der Waals surface area contributed by atoms with Crippen molar-refractivity contribution in [1.82, 2.24) is 9.13 Å². The lowest BCUT2D eigenvalue weighted by Crippen LogP contribution is -2.71. The van der Waals surface area contributed by atoms with Gasteiger partial charge in [-0.15, -0.1) is 9.15 Å². The molecule has 6 aliphatic heterocycles. The lowest BCUT2D eigenvalue weighted by molar-refractivity contribution is -0.790. The molecule has 0 saturated heterocycles. The van der Waals surface area contributed by atoms with Crippen molar-refractivity contribution in [2.45, 2.75) is 33.6 Å². The first kappa shape index (κ1) is 22.7. The van der Waals surface area contributed by atoms with E-state index in [2.05, 4.69) is 119 Å². The highest BCUT2D eigenvalue weighted by atomic mass is 15.7. The van der Waals surface area contributed by atoms with E-state index in [1.54, 1.807) is 0 Å². The van der Waals surface area contributed by atoms with Gasteiger partial charge in [-0.1, -0.05) is 66.5 Å². The Labute approximate surface area is 256 Å². The molecule has 0 radical (unpaired) electrons. The molecule has 8 heterocycles. The van der Waals surface area contributed by atoms with Crippen molar-refractivity contribution in [3.8, 4) is 0 Å². The van der Waals surface area contributed by atoms with Crippen LogP contribution in [0.1, 0.15) is 44.5 Å². The molecule has 45 heavy (non-hydrogen) atoms. The normalized spacial score (nSPS) is 20.1. The Morgan fingerprint density at radius 2 is 0.956 bits per heavy atom. The van der Waals surface area contributed by atoms with Crippen LogP contribution in [0, 0.1) is 27.7 Å². The Morgan fingerprint density at radius 3 is 1.58 bits per heavy atom. The molecular formula is C37H24N8+2. The highest BCUT2D eigenvalue weighted by molar-refractivity contribution is 6.20. The third-order valence-electron chi connectivity index (χ3n) is 10.4. The summed E-state index contributed by atoms with van der Waals surface area (Å²) < 4.78 is 9.46. The minimum atomic E-state index is -0.947. The van der Waals surface area contributed by atoms with Crippen LogP contribution < -0.4 is 11.0 Å². The molecule has 210 valence electrons. The maximum absolute atomic E-state index is 5.53. The van der Waals surface area contributed by atoms with Gasteiger partial charge in [0.2, 0.25) is 22.6 Å². The lowest BCUT2D eigenvalue weighted by Gasteiger charge is -2.40. The number of hydrogen-bond donors (Lipinski definition) is 0. The number of fused-ring (bicyclic) bond motifs is 12. The monoisotopic (exact) mass is 580 g/mol. The maximum atomic E-state index is 5.53. The van der Waals surface area contributed by atoms with Crippen LogP contribution in [-0.4, -0.2) is 41.6 Å². The van der Waals surface area contributed by atoms with Gasteiger partial charge in [0.05, 0.1) is 22.3 Å². The first-order valence-corrected chi connectivity index (χ1v) is 15.4. The third-order valence-corrected chi connectivity index (χ3v) is 10.4. The quantitative estimate of drug-likeness (QED) is 0.229. The van der Waals surface area contributed by atoms with Crippen LogP contribution in [0.25, 0.3) is 21.5 Å². The molecule has 8 heteroatoms. The van der Waals surface area contributed by atoms with Crippen molar-refractivity contribution in [3.63, 3.8) is 0 Å². The standard InChI is InChI=1S/C37H24N8/c1-17-5-9-21-25(13-17)33-39-31-23-11-7-19(3)15-27(23)35-41-36-28-16-20(4)8-12-24(28)32-40-34-26-14-18(2)6-10-22(26)30-38-29(21)42(33)37(43(30)34,44(31)35)45(32)36/h5-16H,1-4H3/q+2. The fourth-order valence-electron chi connectivity index (χ4n) is 8.54. The molecule has 4 aromatic carbocycles. The molecule has 0 aliphatic carbocycles. The van der Waals surface area contributed by atoms with Crippen molar-refractivity contribution in [2.24, 2.45) is 20.0 Å². The van der Waals surface area contributed by atoms with Crippen molar-refractivity contribution in [2.75, 3.05) is 0 Å². The number of amidine groups is 4. The Hall–Kier alpha value is -5.76. The molecule has 0 N–H and O–H groups in total. The zero-order chi connectivity index (χ0) is 29.7. The molecule has 2 aromatic heterocycles. The van der Waals surface area contributed by atoms with Crippen molar-refractivity contribution < 1.29 is 9.15 Å². The number of aryl methyl sites for hydroxylation is 4. The largest absolute Gasteiger partial charge is 0.404 e. The molecule has 0 amide bonds. The van der Waals surface area contributed by atoms with Gasteiger partial charge in [0.25, 0.3) is 23.3 Å². The minimum absolute atomic E-state index is 0.906. The molecule has 0 saturated carbocycles. The van der Waals surface area contributed by atoms with Gasteiger partial charge in [-0.05, 0) is 76.2 Å². The first-order chi connectivity index (χ1) is 21.9. The summed E-state index contributed by atoms with van der Waals surface area (Å²) in [4.78, 5) is 22.1. The van der Waals surface area contributed by atoms with Gasteiger partial charge >= 0.3 is 5.91 Å². The van der Waals surface area contributed by atoms with Gasteiger partial charge in [0.1, 0.15) is 0 Å². The average molecular weight is 581 g/mol. The predicted molar refractivity (Wildman–Crippen MR) is 173 cm³/mol. The average Bonchev–Trinajstić information content (AvgIpc) is 3.72. The van der Waals surface area contributed by atoms with Crippen molar-refractivity contribution in [1.29, 1.82) is 0 Å². The first-order valence-electron chi connectivity index (χ1n) is 15.4. The zero-order valence-electron chi connectivity index (χ0n) is 25.0. The van der Waals surface area contributed by atoms with Gasteiger partial charge in [-0.25, -0.2) is 0 Å². The van der Waals surface area contributed by atoms with Crippen molar-refractivity contribution in [3.05, 3.63) is 128 Å². The van der Waals surface area contributed by atoms with E-state index in [0.29, 0.717) is 0 Å². The molecule has 6 aliphatic rings. The number of rotatable bonds is 0. The summed E-state index contributed by atoms with van der Waals surface area (Å²) in [7, 11) is 0. The summed E-state index contributed by atoms with van der Waals surface area (Å²) in [6.07, 6.45) is 0. The second kappa shape index (κ2) is 6.81. The number of benzene rings is 4. The van der Waals surface area contributed by atoms with E-state index in [1.165, 1.54) is 22.3 Å². The van der Waals surface area contributed by atoms with Gasteiger partial charge in [0.15, 0.2) is 0 Å². The van der Waals surface area contributed by atoms with E-state index in [4.69, 9.17) is 20.0 Å². The number of aromatic nitrogens is 2. The smallest absolute Gasteiger partial charge is 0.192 e. The lowest BCUT2D eigenvalue weighted by atomic mass is 10.0. The van der Waals surface area contributed by atoms with E-state index >= 15 is 0 Å². The zero-order valence-corrected chi connectivity index (χ0v) is 25.0. The summed E-state index contributed by atoms with van der Waals surface area (Å²) in [6.45, 7) is 8.59. The molecule has 8 nitrogen and oxygen atoms in total. The Bertz CT molecular complexity index is 2850. The van der Waals surface area contributed by atoms with E-state index in [-0.39, 0.29) is 0 Å². The highest BCUT2D eigenvalue weighted by Gasteiger charge is 2.69. The molecule has 12 rings (SSSR count). The van der Waals surface area contributed by atoms with E-state index in [0.717, 1.165) is 89.8 Å². The van der Waals surface area contributed by atoms with Crippen LogP contribution in [0.4, 0.5) is 11.6 Å². The van der Waals surface area contributed by atoms with Gasteiger partial charge in [0, 0.05) is 21.5 Å². The molecule has 1 unspecified atom stereocenters. The van der Waals surface area contributed by atoms with Crippen LogP contribution in [0.2, 0.25) is 0 Å². The third kappa shape index (κ3) is 2.22. The number of aliphatic imine (C=N–C) groups is 2. The Morgan fingerprint density at radius 1 is 0.467 bits per heavy atom. The fraction of sp³-hybridized carbons (Fsp3) is 0.135. The number of hydrogen-bond acceptors (Lipinski definition) is 4. The topological polar surface area (TPSA) is 65.3 Å². The maximum Gasteiger partial charge on any atom is 0.404 e. The molecule has 1 spiro atoms. The Kier molecular flexibility index (Phi) is 3.44. The summed E-state index contributed by atoms with van der Waals surface area (Å²) in [6, 6.07) is 26.6. The van der Waals surface area contributed by atoms with Gasteiger partial charge in [-0.3, -0.25) is 0 Å². The van der Waals surface area contributed by atoms with Crippen LogP contribution in [0.3, 0.4) is 0 Å². The van der Waals surface area contributed by atoms with Gasteiger partial charge in [-0.2, -0.15) is 9.13 Å². The van der Waals surface area contributed by atoms with E-state index in [1.807, 2.05) is 0 Å². The highest BCUT2D eigenvalue weighted by Crippen LogP contribution is 2.52. The van der Waals surface area contributed by atoms with Crippen molar-refractivity contribution >= 4 is 56.5 Å². The predicted octanol–water partition coefficient (Wildman–Crippen LogP) is 4.94. The van der Waals surface area contributed by atoms with E-state index in [9.17, 15) is 0 Å². The molecule has 6 aromatic rings. The van der Waals surface area contributed by atoms with Crippen LogP contribution >= 0.6 is 0 Å². The molecular weight excluding hydrogens is 556 g/mol. The summed E-state index contributed by atoms with van der Waals surface area (Å²) in [5.74, 6) is 4.50. The van der Waals surface area contributed by atoms with Crippen LogP contribution in [0.5, 0.6) is 0 Å². The summed E-state index contributed by atoms with van der Waals surface area (Å²) in [5.41, 5.74) is 11.0. The van der Waals surface area contributed by atoms with E-state index < -0.39 is 5.91 Å². The summed E-state index contributed by atoms with van der Waals surface area (Å²) in [5, 5.41) is 4.39. The minimum Gasteiger partial charge on any atom is -0.192 e. The van der Waals surface area contributed by atoms with Crippen LogP contribution in [0.15, 0.2) is 92.8 Å². The molecule has 0 bridgehead atoms. The second-order valence-electron chi connectivity index (χ2n) is 13.2. The molecule has 0 fully saturated rings. The fourth-order valence-corrected chi connectivity index (χ4v) is 8.54. The SMILES string of the molecule is Cc1ccc2c(c1)C1=Nc3c4ccc(C)cc4c4n3C35n6c(c7ccc(C)cc7c6=NC6=[N+]3C(=N4)c3cc(C)ccc36)=NC2=[N+]15. The molecule has 1 atom stereocenters. The second-order valence-corrected chi connectivity index (χ2v) is 13.2. The Balaban J connectivity index is 1.42. The van der Waals surface area contributed by atoms with Crippen LogP contribution in [-0.2, 0) is 5.91 Å². The van der Waals surface area contributed by atoms with Gasteiger partial charge < -0.3 is 0 Å².